The number of hydrogen-bond acceptors (Lipinski definition) is 2. The van der Waals surface area contributed by atoms with E-state index < -0.39 is 5.97 Å². The molecule has 0 fully saturated rings. The molecule has 0 aliphatic rings. The topological polar surface area (TPSA) is 50.2 Å². The quantitative estimate of drug-likeness (QED) is 0.835. The molecule has 3 nitrogen and oxygen atoms in total. The number of nitrogens with zero attached hydrogens (tertiary/aromatic N) is 1. The van der Waals surface area contributed by atoms with Crippen LogP contribution in [0.15, 0.2) is 6.07 Å². The number of aromatic carboxylic acids is 1. The van der Waals surface area contributed by atoms with Crippen molar-refractivity contribution in [2.24, 2.45) is 5.92 Å². The van der Waals surface area contributed by atoms with Crippen LogP contribution >= 0.6 is 23.2 Å². The normalized spacial score (nSPS) is 10.7. The fraction of sp³-hybridized carbons (Fsp3) is 0.400. The highest BCUT2D eigenvalue weighted by molar-refractivity contribution is 6.34. The van der Waals surface area contributed by atoms with Crippen molar-refractivity contribution in [2.75, 3.05) is 0 Å². The molecule has 0 bridgehead atoms. The van der Waals surface area contributed by atoms with Crippen LogP contribution in [-0.2, 0) is 6.42 Å². The van der Waals surface area contributed by atoms with Crippen LogP contribution in [0, 0.1) is 5.92 Å². The van der Waals surface area contributed by atoms with Gasteiger partial charge in [-0.3, -0.25) is 0 Å². The fourth-order valence-corrected chi connectivity index (χ4v) is 1.65. The summed E-state index contributed by atoms with van der Waals surface area (Å²) in [6.07, 6.45) is 0.679. The lowest BCUT2D eigenvalue weighted by molar-refractivity contribution is 0.0696. The highest BCUT2D eigenvalue weighted by atomic mass is 35.5. The van der Waals surface area contributed by atoms with Gasteiger partial charge < -0.3 is 5.11 Å². The summed E-state index contributed by atoms with van der Waals surface area (Å²) in [5.74, 6) is -0.729. The van der Waals surface area contributed by atoms with Crippen molar-refractivity contribution in [1.29, 1.82) is 0 Å². The summed E-state index contributed by atoms with van der Waals surface area (Å²) in [4.78, 5) is 14.7. The number of rotatable bonds is 3. The molecule has 0 aromatic carbocycles. The molecule has 82 valence electrons. The van der Waals surface area contributed by atoms with Gasteiger partial charge in [-0.05, 0) is 18.4 Å². The molecule has 0 aliphatic heterocycles. The number of hydrogen-bond donors (Lipinski definition) is 1. The highest BCUT2D eigenvalue weighted by Crippen LogP contribution is 2.23. The molecule has 1 rings (SSSR count). The van der Waals surface area contributed by atoms with Gasteiger partial charge in [0.2, 0.25) is 0 Å². The summed E-state index contributed by atoms with van der Waals surface area (Å²) in [5, 5.41) is 9.12. The van der Waals surface area contributed by atoms with E-state index in [9.17, 15) is 4.79 Å². The Kier molecular flexibility index (Phi) is 3.94. The molecular formula is C10H11Cl2NO2. The summed E-state index contributed by atoms with van der Waals surface area (Å²) < 4.78 is 0. The zero-order chi connectivity index (χ0) is 11.6. The van der Waals surface area contributed by atoms with E-state index >= 15 is 0 Å². The first kappa shape index (κ1) is 12.3. The molecule has 5 heteroatoms. The van der Waals surface area contributed by atoms with Gasteiger partial charge in [0, 0.05) is 0 Å². The van der Waals surface area contributed by atoms with Gasteiger partial charge in [0.15, 0.2) is 0 Å². The third-order valence-corrected chi connectivity index (χ3v) is 2.45. The van der Waals surface area contributed by atoms with Crippen molar-refractivity contribution in [3.63, 3.8) is 0 Å². The first-order chi connectivity index (χ1) is 6.91. The molecule has 0 aliphatic carbocycles. The molecule has 0 radical (unpaired) electrons. The van der Waals surface area contributed by atoms with Crippen molar-refractivity contribution in [3.8, 4) is 0 Å². The van der Waals surface area contributed by atoms with Gasteiger partial charge in [-0.15, -0.1) is 0 Å². The molecule has 1 N–H and O–H groups in total. The Morgan fingerprint density at radius 1 is 1.53 bits per heavy atom. The van der Waals surface area contributed by atoms with Crippen LogP contribution in [0.2, 0.25) is 10.2 Å². The van der Waals surface area contributed by atoms with Crippen LogP contribution in [0.4, 0.5) is 0 Å². The average molecular weight is 248 g/mol. The Hall–Kier alpha value is -0.800. The Labute approximate surface area is 98.0 Å². The molecule has 1 heterocycles. The Morgan fingerprint density at radius 2 is 2.13 bits per heavy atom. The molecular weight excluding hydrogens is 237 g/mol. The van der Waals surface area contributed by atoms with Gasteiger partial charge in [-0.2, -0.15) is 0 Å². The van der Waals surface area contributed by atoms with E-state index in [0.717, 1.165) is 0 Å². The van der Waals surface area contributed by atoms with Gasteiger partial charge in [0.25, 0.3) is 0 Å². The monoisotopic (exact) mass is 247 g/mol. The minimum atomic E-state index is -1.12. The third kappa shape index (κ3) is 3.08. The molecule has 0 amide bonds. The minimum Gasteiger partial charge on any atom is -0.478 e. The summed E-state index contributed by atoms with van der Waals surface area (Å²) in [6, 6.07) is 1.34. The molecule has 0 spiro atoms. The molecule has 1 aromatic heterocycles. The molecule has 1 aromatic rings. The zero-order valence-electron chi connectivity index (χ0n) is 8.42. The SMILES string of the molecule is CC(C)Cc1nc(Cl)c(C(=O)O)cc1Cl. The smallest absolute Gasteiger partial charge is 0.338 e. The number of halogens is 2. The maximum Gasteiger partial charge on any atom is 0.338 e. The lowest BCUT2D eigenvalue weighted by Gasteiger charge is -2.08. The minimum absolute atomic E-state index is 0.0115. The molecule has 15 heavy (non-hydrogen) atoms. The Balaban J connectivity index is 3.13. The summed E-state index contributed by atoms with van der Waals surface area (Å²) >= 11 is 11.6. The van der Waals surface area contributed by atoms with Crippen LogP contribution < -0.4 is 0 Å². The standard InChI is InChI=1S/C10H11Cl2NO2/c1-5(2)3-8-7(11)4-6(10(14)15)9(12)13-8/h4-5H,3H2,1-2H3,(H,14,15). The van der Waals surface area contributed by atoms with Gasteiger partial charge in [0.05, 0.1) is 16.3 Å². The van der Waals surface area contributed by atoms with Crippen LogP contribution in [0.25, 0.3) is 0 Å². The first-order valence-corrected chi connectivity index (χ1v) is 5.25. The third-order valence-electron chi connectivity index (χ3n) is 1.83. The summed E-state index contributed by atoms with van der Waals surface area (Å²) in [5.41, 5.74) is 0.579. The van der Waals surface area contributed by atoms with E-state index in [4.69, 9.17) is 28.3 Å². The number of pyridine rings is 1. The van der Waals surface area contributed by atoms with Gasteiger partial charge in [0.1, 0.15) is 5.15 Å². The van der Waals surface area contributed by atoms with Crippen molar-refractivity contribution in [1.82, 2.24) is 4.98 Å². The lowest BCUT2D eigenvalue weighted by atomic mass is 10.1. The Bertz CT molecular complexity index is 391. The van der Waals surface area contributed by atoms with Crippen LogP contribution in [-0.4, -0.2) is 16.1 Å². The number of carboxylic acid groups (broad SMARTS) is 1. The first-order valence-electron chi connectivity index (χ1n) is 4.50. The van der Waals surface area contributed by atoms with Gasteiger partial charge in [-0.25, -0.2) is 9.78 Å². The van der Waals surface area contributed by atoms with E-state index in [2.05, 4.69) is 4.98 Å². The second-order valence-corrected chi connectivity index (χ2v) is 4.42. The number of carboxylic acids is 1. The lowest BCUT2D eigenvalue weighted by Crippen LogP contribution is -2.04. The number of aromatic nitrogens is 1. The van der Waals surface area contributed by atoms with E-state index in [0.29, 0.717) is 23.1 Å². The van der Waals surface area contributed by atoms with E-state index in [1.807, 2.05) is 13.8 Å². The largest absolute Gasteiger partial charge is 0.478 e. The maximum absolute atomic E-state index is 10.7. The van der Waals surface area contributed by atoms with E-state index in [1.165, 1.54) is 6.07 Å². The maximum atomic E-state index is 10.7. The van der Waals surface area contributed by atoms with Crippen molar-refractivity contribution < 1.29 is 9.90 Å². The van der Waals surface area contributed by atoms with Crippen molar-refractivity contribution >= 4 is 29.2 Å². The fourth-order valence-electron chi connectivity index (χ4n) is 1.18. The summed E-state index contributed by atoms with van der Waals surface area (Å²) in [6.45, 7) is 4.05. The predicted octanol–water partition coefficient (Wildman–Crippen LogP) is 3.29. The summed E-state index contributed by atoms with van der Waals surface area (Å²) in [7, 11) is 0. The van der Waals surface area contributed by atoms with E-state index in [-0.39, 0.29) is 10.7 Å². The number of carbonyl (C=O) groups is 1. The van der Waals surface area contributed by atoms with Crippen molar-refractivity contribution in [3.05, 3.63) is 27.5 Å². The van der Waals surface area contributed by atoms with Gasteiger partial charge in [-0.1, -0.05) is 37.0 Å². The van der Waals surface area contributed by atoms with Crippen LogP contribution in [0.5, 0.6) is 0 Å². The second kappa shape index (κ2) is 4.81. The van der Waals surface area contributed by atoms with E-state index in [1.54, 1.807) is 0 Å². The zero-order valence-corrected chi connectivity index (χ0v) is 9.93. The molecule has 0 atom stereocenters. The van der Waals surface area contributed by atoms with Gasteiger partial charge >= 0.3 is 5.97 Å². The molecule has 0 unspecified atom stereocenters. The molecule has 0 saturated carbocycles. The molecule has 0 saturated heterocycles. The Morgan fingerprint density at radius 3 is 2.60 bits per heavy atom. The van der Waals surface area contributed by atoms with Crippen LogP contribution in [0.1, 0.15) is 29.9 Å². The van der Waals surface area contributed by atoms with Crippen molar-refractivity contribution in [2.45, 2.75) is 20.3 Å². The predicted molar refractivity (Wildman–Crippen MR) is 59.8 cm³/mol. The highest BCUT2D eigenvalue weighted by Gasteiger charge is 2.14. The second-order valence-electron chi connectivity index (χ2n) is 3.66. The van der Waals surface area contributed by atoms with Crippen LogP contribution in [0.3, 0.4) is 0 Å². The average Bonchev–Trinajstić information content (AvgIpc) is 2.09.